The van der Waals surface area contributed by atoms with E-state index in [1.165, 1.54) is 0 Å². The standard InChI is InChI=1S/C49H44Br3Cl5N8O15/c1-2-10-73-37-29(53)21-18(26(50)34(37)74-11-3-66)44-61-46(21)64-47-23-20(28(52)36(76-13-5-68)39(31(23)55)78-15-7-70)42(60-47)58-45-22-19(27(51)35(75-12-4-67)38(30(22)54)77-14-6-69)43(59-45)62-48-24-25(49(63-44)65-48)33(57)41(80-17-9-72)40(32(24)56)79-16-8-71/h66-72H,2-17H2,1H3,(H2,58,59,60,61,62,63,64,65). The molecule has 0 saturated carbocycles. The van der Waals surface area contributed by atoms with Crippen LogP contribution in [0.3, 0.4) is 0 Å². The number of aliphatic hydroxyl groups is 7. The van der Waals surface area contributed by atoms with Gasteiger partial charge in [0.1, 0.15) is 68.8 Å². The minimum Gasteiger partial charge on any atom is -0.488 e. The molecular formula is C49H44Br3Cl5N8O15. The van der Waals surface area contributed by atoms with Gasteiger partial charge in [-0.1, -0.05) is 64.9 Å². The molecule has 2 aliphatic rings. The van der Waals surface area contributed by atoms with Gasteiger partial charge in [0.05, 0.1) is 124 Å². The molecule has 0 unspecified atom stereocenters. The van der Waals surface area contributed by atoms with Crippen molar-refractivity contribution in [3.05, 3.63) is 38.5 Å². The highest BCUT2D eigenvalue weighted by Gasteiger charge is 2.37. The minimum atomic E-state index is -0.448. The zero-order valence-electron chi connectivity index (χ0n) is 41.4. The van der Waals surface area contributed by atoms with Gasteiger partial charge in [-0.2, -0.15) is 0 Å². The molecule has 9 N–H and O–H groups in total. The van der Waals surface area contributed by atoms with Gasteiger partial charge in [-0.05, 0) is 54.2 Å². The second-order valence-corrected chi connectivity index (χ2v) is 20.9. The second kappa shape index (κ2) is 26.2. The molecule has 0 saturated heterocycles. The molecule has 0 radical (unpaired) electrons. The van der Waals surface area contributed by atoms with Crippen molar-refractivity contribution in [2.75, 3.05) is 99.1 Å². The van der Waals surface area contributed by atoms with Crippen LogP contribution in [0.2, 0.25) is 25.1 Å². The molecule has 0 amide bonds. The normalized spacial score (nSPS) is 11.8. The number of H-pyrrole nitrogens is 2. The number of nitrogens with one attached hydrogen (secondary N) is 2. The van der Waals surface area contributed by atoms with E-state index in [9.17, 15) is 35.7 Å². The van der Waals surface area contributed by atoms with E-state index in [2.05, 4.69) is 57.8 Å². The van der Waals surface area contributed by atoms with Gasteiger partial charge in [0.25, 0.3) is 0 Å². The average molecular weight is 1400 g/mol. The zero-order chi connectivity index (χ0) is 57.1. The number of hydrogen-bond donors (Lipinski definition) is 9. The Morgan fingerprint density at radius 1 is 0.325 bits per heavy atom. The molecule has 0 spiro atoms. The van der Waals surface area contributed by atoms with Crippen molar-refractivity contribution in [2.45, 2.75) is 13.3 Å². The lowest BCUT2D eigenvalue weighted by atomic mass is 10.1. The molecule has 5 heterocycles. The van der Waals surface area contributed by atoms with Gasteiger partial charge in [0.15, 0.2) is 69.3 Å². The number of benzene rings is 4. The summed E-state index contributed by atoms with van der Waals surface area (Å²) in [7, 11) is 0. The molecule has 0 atom stereocenters. The quantitative estimate of drug-likeness (QED) is 0.0273. The van der Waals surface area contributed by atoms with Crippen molar-refractivity contribution < 1.29 is 73.6 Å². The number of hydrogen-bond acceptors (Lipinski definition) is 21. The van der Waals surface area contributed by atoms with Gasteiger partial charge in [-0.3, -0.25) is 0 Å². The molecule has 2 aliphatic heterocycles. The zero-order valence-corrected chi connectivity index (χ0v) is 50.0. The van der Waals surface area contributed by atoms with E-state index in [-0.39, 0.29) is 234 Å². The maximum Gasteiger partial charge on any atom is 0.182 e. The molecule has 426 valence electrons. The van der Waals surface area contributed by atoms with Crippen molar-refractivity contribution in [2.24, 2.45) is 0 Å². The lowest BCUT2D eigenvalue weighted by molar-refractivity contribution is 0.178. The van der Waals surface area contributed by atoms with E-state index < -0.39 is 39.6 Å². The Morgan fingerprint density at radius 2 is 0.575 bits per heavy atom. The molecule has 80 heavy (non-hydrogen) atoms. The lowest BCUT2D eigenvalue weighted by Crippen LogP contribution is -2.08. The number of aromatic nitrogens is 8. The highest BCUT2D eigenvalue weighted by Crippen LogP contribution is 2.58. The summed E-state index contributed by atoms with van der Waals surface area (Å²) in [5, 5.41) is 69.7. The number of aromatic amines is 2. The molecule has 23 nitrogen and oxygen atoms in total. The molecular weight excluding hydrogens is 1360 g/mol. The average Bonchev–Trinajstić information content (AvgIpc) is 4.31. The Balaban J connectivity index is 1.57. The molecule has 0 fully saturated rings. The van der Waals surface area contributed by atoms with Crippen LogP contribution < -0.4 is 37.9 Å². The van der Waals surface area contributed by atoms with Crippen LogP contribution in [0, 0.1) is 0 Å². The van der Waals surface area contributed by atoms with Crippen molar-refractivity contribution >= 4 is 150 Å². The fourth-order valence-electron chi connectivity index (χ4n) is 8.56. The monoisotopic (exact) mass is 1400 g/mol. The Morgan fingerprint density at radius 3 is 0.900 bits per heavy atom. The molecule has 3 aromatic heterocycles. The van der Waals surface area contributed by atoms with Gasteiger partial charge in [0.2, 0.25) is 0 Å². The maximum atomic E-state index is 9.97. The fourth-order valence-corrected chi connectivity index (χ4v) is 12.2. The number of aliphatic hydroxyl groups excluding tert-OH is 7. The third kappa shape index (κ3) is 10.9. The van der Waals surface area contributed by atoms with Crippen LogP contribution in [0.5, 0.6) is 46.0 Å². The van der Waals surface area contributed by atoms with E-state index in [0.717, 1.165) is 0 Å². The summed E-state index contributed by atoms with van der Waals surface area (Å²) < 4.78 is 48.9. The Labute approximate surface area is 502 Å². The van der Waals surface area contributed by atoms with Gasteiger partial charge >= 0.3 is 0 Å². The highest BCUT2D eigenvalue weighted by atomic mass is 79.9. The van der Waals surface area contributed by atoms with Gasteiger partial charge in [-0.15, -0.1) is 0 Å². The van der Waals surface area contributed by atoms with Crippen molar-refractivity contribution in [1.82, 2.24) is 39.9 Å². The summed E-state index contributed by atoms with van der Waals surface area (Å²) in [6, 6.07) is 0. The summed E-state index contributed by atoms with van der Waals surface area (Å²) in [5.41, 5.74) is 0.365. The van der Waals surface area contributed by atoms with Crippen LogP contribution in [0.25, 0.3) is 89.7 Å². The largest absolute Gasteiger partial charge is 0.488 e. The topological polar surface area (TPSA) is 324 Å². The third-order valence-electron chi connectivity index (χ3n) is 11.6. The summed E-state index contributed by atoms with van der Waals surface area (Å²) in [4.78, 5) is 36.9. The Bertz CT molecular complexity index is 3270. The van der Waals surface area contributed by atoms with Crippen LogP contribution in [0.1, 0.15) is 13.3 Å². The molecule has 31 heteroatoms. The van der Waals surface area contributed by atoms with Crippen LogP contribution >= 0.6 is 106 Å². The summed E-state index contributed by atoms with van der Waals surface area (Å²) in [5.74, 6) is -0.699. The first-order valence-corrected chi connectivity index (χ1v) is 28.3. The van der Waals surface area contributed by atoms with Gasteiger partial charge in [0, 0.05) is 10.8 Å². The van der Waals surface area contributed by atoms with E-state index in [1.54, 1.807) is 0 Å². The van der Waals surface area contributed by atoms with Crippen LogP contribution in [-0.4, -0.2) is 175 Å². The van der Waals surface area contributed by atoms with Crippen molar-refractivity contribution in [3.63, 3.8) is 0 Å². The Kier molecular flexibility index (Phi) is 19.6. The number of halogens is 8. The predicted octanol–water partition coefficient (Wildman–Crippen LogP) is 8.81. The number of rotatable bonds is 24. The van der Waals surface area contributed by atoms with Crippen LogP contribution in [0.15, 0.2) is 13.4 Å². The van der Waals surface area contributed by atoms with Crippen LogP contribution in [0.4, 0.5) is 0 Å². The predicted molar refractivity (Wildman–Crippen MR) is 308 cm³/mol. The van der Waals surface area contributed by atoms with Crippen molar-refractivity contribution in [1.29, 1.82) is 0 Å². The number of ether oxygens (including phenoxy) is 8. The van der Waals surface area contributed by atoms with Gasteiger partial charge < -0.3 is 83.6 Å². The van der Waals surface area contributed by atoms with E-state index >= 15 is 0 Å². The molecule has 0 aliphatic carbocycles. The first-order chi connectivity index (χ1) is 38.7. The highest BCUT2D eigenvalue weighted by molar-refractivity contribution is 9.11. The Hall–Kier alpha value is -4.75. The molecule has 4 aromatic carbocycles. The first-order valence-electron chi connectivity index (χ1n) is 24.1. The van der Waals surface area contributed by atoms with Gasteiger partial charge in [-0.25, -0.2) is 29.9 Å². The number of nitrogens with zero attached hydrogens (tertiary/aromatic N) is 6. The lowest BCUT2D eigenvalue weighted by Gasteiger charge is -2.18. The van der Waals surface area contributed by atoms with Crippen LogP contribution in [-0.2, 0) is 0 Å². The SMILES string of the molecule is CCCOc1c(OCCO)c(Br)c2c3nc4nc(nc5[nH]c(nc6nc(nc([nH]3)c2c1Cl)-c1c(Cl)c(OCCO)c(OCCO)c(Br)c1-6)c1c(Cl)c(OCCO)c(OCCO)c(Br)c51)-c1c(Cl)c(OCCO)c(OCCO)c(Cl)c1-4. The summed E-state index contributed by atoms with van der Waals surface area (Å²) >= 11 is 48.0. The third-order valence-corrected chi connectivity index (χ3v) is 15.7. The van der Waals surface area contributed by atoms with E-state index in [1.807, 2.05) is 6.92 Å². The fraction of sp³-hybridized carbons (Fsp3) is 0.347. The molecule has 8 bridgehead atoms. The minimum absolute atomic E-state index is 0.000371. The second-order valence-electron chi connectivity index (χ2n) is 16.6. The molecule has 7 aromatic rings. The maximum absolute atomic E-state index is 9.97. The first kappa shape index (κ1) is 59.9. The smallest absolute Gasteiger partial charge is 0.182 e. The van der Waals surface area contributed by atoms with Crippen molar-refractivity contribution in [3.8, 4) is 91.5 Å². The van der Waals surface area contributed by atoms with E-state index in [4.69, 9.17) is 126 Å². The summed E-state index contributed by atoms with van der Waals surface area (Å²) in [6.07, 6.45) is 0.558. The molecule has 9 rings (SSSR count). The summed E-state index contributed by atoms with van der Waals surface area (Å²) in [6.45, 7) is -2.57. The van der Waals surface area contributed by atoms with E-state index in [0.29, 0.717) is 6.42 Å². The number of fused-ring (bicyclic) bond motifs is 20.